The van der Waals surface area contributed by atoms with Crippen molar-refractivity contribution in [3.63, 3.8) is 0 Å². The van der Waals surface area contributed by atoms with Crippen LogP contribution < -0.4 is 15.0 Å². The van der Waals surface area contributed by atoms with Gasteiger partial charge in [-0.3, -0.25) is 14.7 Å². The molecule has 0 aliphatic carbocycles. The highest BCUT2D eigenvalue weighted by molar-refractivity contribution is 5.91. The summed E-state index contributed by atoms with van der Waals surface area (Å²) in [5, 5.41) is 2.93. The van der Waals surface area contributed by atoms with E-state index in [1.165, 1.54) is 5.69 Å². The first-order valence-electron chi connectivity index (χ1n) is 8.56. The van der Waals surface area contributed by atoms with Gasteiger partial charge in [0.1, 0.15) is 5.75 Å². The van der Waals surface area contributed by atoms with Crippen LogP contribution >= 0.6 is 0 Å². The SMILES string of the molecule is COc1cccc(NC(=O)CCN2CCN(c3ccncc3)CC2)c1. The van der Waals surface area contributed by atoms with E-state index in [1.807, 2.05) is 48.8 Å². The normalized spacial score (nSPS) is 15.0. The number of aromatic nitrogens is 1. The monoisotopic (exact) mass is 340 g/mol. The minimum absolute atomic E-state index is 0.0322. The van der Waals surface area contributed by atoms with E-state index in [0.29, 0.717) is 6.42 Å². The third-order valence-electron chi connectivity index (χ3n) is 4.41. The fourth-order valence-electron chi connectivity index (χ4n) is 2.97. The number of hydrogen-bond donors (Lipinski definition) is 1. The number of ether oxygens (including phenoxy) is 1. The number of nitrogens with zero attached hydrogens (tertiary/aromatic N) is 3. The van der Waals surface area contributed by atoms with Gasteiger partial charge in [-0.25, -0.2) is 0 Å². The average molecular weight is 340 g/mol. The molecule has 1 aromatic carbocycles. The van der Waals surface area contributed by atoms with Crippen LogP contribution in [-0.2, 0) is 4.79 Å². The summed E-state index contributed by atoms with van der Waals surface area (Å²) >= 11 is 0. The van der Waals surface area contributed by atoms with Crippen LogP contribution in [0.3, 0.4) is 0 Å². The van der Waals surface area contributed by atoms with Gasteiger partial charge in [-0.05, 0) is 24.3 Å². The van der Waals surface area contributed by atoms with E-state index in [-0.39, 0.29) is 5.91 Å². The second-order valence-corrected chi connectivity index (χ2v) is 6.06. The summed E-state index contributed by atoms with van der Waals surface area (Å²) in [5.41, 5.74) is 1.98. The number of anilines is 2. The van der Waals surface area contributed by atoms with Crippen molar-refractivity contribution in [2.45, 2.75) is 6.42 Å². The maximum absolute atomic E-state index is 12.1. The van der Waals surface area contributed by atoms with E-state index in [2.05, 4.69) is 20.1 Å². The summed E-state index contributed by atoms with van der Waals surface area (Å²) in [6.07, 6.45) is 4.14. The molecule has 0 spiro atoms. The quantitative estimate of drug-likeness (QED) is 0.874. The summed E-state index contributed by atoms with van der Waals surface area (Å²) in [6.45, 7) is 4.66. The number of methoxy groups -OCH3 is 1. The summed E-state index contributed by atoms with van der Waals surface area (Å²) in [7, 11) is 1.62. The van der Waals surface area contributed by atoms with E-state index in [9.17, 15) is 4.79 Å². The molecule has 25 heavy (non-hydrogen) atoms. The molecule has 0 radical (unpaired) electrons. The molecule has 0 saturated carbocycles. The number of piperazine rings is 1. The van der Waals surface area contributed by atoms with Crippen LogP contribution in [0.5, 0.6) is 5.75 Å². The Labute approximate surface area is 148 Å². The lowest BCUT2D eigenvalue weighted by molar-refractivity contribution is -0.116. The molecule has 1 aromatic heterocycles. The van der Waals surface area contributed by atoms with Gasteiger partial charge in [-0.15, -0.1) is 0 Å². The van der Waals surface area contributed by atoms with Gasteiger partial charge in [-0.2, -0.15) is 0 Å². The predicted molar refractivity (Wildman–Crippen MR) is 99.1 cm³/mol. The Morgan fingerprint density at radius 3 is 2.64 bits per heavy atom. The molecule has 6 heteroatoms. The minimum Gasteiger partial charge on any atom is -0.497 e. The Hall–Kier alpha value is -2.60. The van der Waals surface area contributed by atoms with Crippen LogP contribution in [0.1, 0.15) is 6.42 Å². The van der Waals surface area contributed by atoms with Crippen molar-refractivity contribution in [3.05, 3.63) is 48.8 Å². The lowest BCUT2D eigenvalue weighted by Crippen LogP contribution is -2.47. The zero-order chi connectivity index (χ0) is 17.5. The van der Waals surface area contributed by atoms with Crippen molar-refractivity contribution in [2.24, 2.45) is 0 Å². The van der Waals surface area contributed by atoms with Gasteiger partial charge in [0.25, 0.3) is 0 Å². The fraction of sp³-hybridized carbons (Fsp3) is 0.368. The lowest BCUT2D eigenvalue weighted by atomic mass is 10.2. The number of amides is 1. The summed E-state index contributed by atoms with van der Waals surface area (Å²) < 4.78 is 5.17. The Balaban J connectivity index is 1.41. The second-order valence-electron chi connectivity index (χ2n) is 6.06. The maximum Gasteiger partial charge on any atom is 0.225 e. The van der Waals surface area contributed by atoms with Crippen molar-refractivity contribution < 1.29 is 9.53 Å². The van der Waals surface area contributed by atoms with Crippen LogP contribution in [0.15, 0.2) is 48.8 Å². The maximum atomic E-state index is 12.1. The molecule has 1 fully saturated rings. The van der Waals surface area contributed by atoms with Crippen LogP contribution in [0, 0.1) is 0 Å². The van der Waals surface area contributed by atoms with Crippen molar-refractivity contribution >= 4 is 17.3 Å². The van der Waals surface area contributed by atoms with Gasteiger partial charge >= 0.3 is 0 Å². The van der Waals surface area contributed by atoms with Crippen LogP contribution in [-0.4, -0.2) is 55.6 Å². The Bertz CT molecular complexity index is 685. The first-order chi connectivity index (χ1) is 12.2. The van der Waals surface area contributed by atoms with Crippen LogP contribution in [0.4, 0.5) is 11.4 Å². The average Bonchev–Trinajstić information content (AvgIpc) is 2.67. The number of nitrogens with one attached hydrogen (secondary N) is 1. The second kappa shape index (κ2) is 8.48. The molecule has 6 nitrogen and oxygen atoms in total. The summed E-state index contributed by atoms with van der Waals surface area (Å²) in [4.78, 5) is 20.9. The molecule has 2 heterocycles. The van der Waals surface area contributed by atoms with Crippen molar-refractivity contribution in [3.8, 4) is 5.75 Å². The van der Waals surface area contributed by atoms with Crippen molar-refractivity contribution in [2.75, 3.05) is 50.1 Å². The first-order valence-corrected chi connectivity index (χ1v) is 8.56. The number of hydrogen-bond acceptors (Lipinski definition) is 5. The van der Waals surface area contributed by atoms with E-state index in [1.54, 1.807) is 7.11 Å². The highest BCUT2D eigenvalue weighted by Crippen LogP contribution is 2.17. The molecule has 3 rings (SSSR count). The van der Waals surface area contributed by atoms with Gasteiger partial charge in [-0.1, -0.05) is 6.07 Å². The van der Waals surface area contributed by atoms with Crippen molar-refractivity contribution in [1.29, 1.82) is 0 Å². The predicted octanol–water partition coefficient (Wildman–Crippen LogP) is 2.24. The number of carbonyl (C=O) groups excluding carboxylic acids is 1. The number of rotatable bonds is 6. The lowest BCUT2D eigenvalue weighted by Gasteiger charge is -2.35. The first kappa shape index (κ1) is 17.2. The van der Waals surface area contributed by atoms with Gasteiger partial charge in [0.15, 0.2) is 0 Å². The highest BCUT2D eigenvalue weighted by atomic mass is 16.5. The zero-order valence-electron chi connectivity index (χ0n) is 14.5. The number of carbonyl (C=O) groups is 1. The molecular formula is C19H24N4O2. The minimum atomic E-state index is 0.0322. The third-order valence-corrected chi connectivity index (χ3v) is 4.41. The van der Waals surface area contributed by atoms with E-state index in [0.717, 1.165) is 44.2 Å². The topological polar surface area (TPSA) is 57.7 Å². The van der Waals surface area contributed by atoms with Crippen molar-refractivity contribution in [1.82, 2.24) is 9.88 Å². The van der Waals surface area contributed by atoms with E-state index < -0.39 is 0 Å². The number of benzene rings is 1. The summed E-state index contributed by atoms with van der Waals surface area (Å²) in [6, 6.07) is 11.5. The third kappa shape index (κ3) is 4.93. The number of pyridine rings is 1. The van der Waals surface area contributed by atoms with Crippen LogP contribution in [0.2, 0.25) is 0 Å². The molecule has 0 unspecified atom stereocenters. The Kier molecular flexibility index (Phi) is 5.85. The molecule has 1 N–H and O–H groups in total. The van der Waals surface area contributed by atoms with Gasteiger partial charge in [0.05, 0.1) is 7.11 Å². The van der Waals surface area contributed by atoms with Gasteiger partial charge in [0.2, 0.25) is 5.91 Å². The van der Waals surface area contributed by atoms with Crippen LogP contribution in [0.25, 0.3) is 0 Å². The Morgan fingerprint density at radius 2 is 1.92 bits per heavy atom. The van der Waals surface area contributed by atoms with E-state index >= 15 is 0 Å². The molecule has 1 aliphatic heterocycles. The standard InChI is InChI=1S/C19H24N4O2/c1-25-18-4-2-3-16(15-18)21-19(24)7-10-22-11-13-23(14-12-22)17-5-8-20-9-6-17/h2-6,8-9,15H,7,10-14H2,1H3,(H,21,24). The highest BCUT2D eigenvalue weighted by Gasteiger charge is 2.17. The fourth-order valence-corrected chi connectivity index (χ4v) is 2.97. The summed E-state index contributed by atoms with van der Waals surface area (Å²) in [5.74, 6) is 0.773. The van der Waals surface area contributed by atoms with Gasteiger partial charge < -0.3 is 15.0 Å². The molecule has 132 valence electrons. The Morgan fingerprint density at radius 1 is 1.16 bits per heavy atom. The molecule has 0 bridgehead atoms. The largest absolute Gasteiger partial charge is 0.497 e. The molecular weight excluding hydrogens is 316 g/mol. The molecule has 1 aliphatic rings. The smallest absolute Gasteiger partial charge is 0.225 e. The molecule has 0 atom stereocenters. The van der Waals surface area contributed by atoms with E-state index in [4.69, 9.17) is 4.74 Å². The molecule has 1 saturated heterocycles. The molecule has 2 aromatic rings. The molecule has 1 amide bonds. The zero-order valence-corrected chi connectivity index (χ0v) is 14.5. The van der Waals surface area contributed by atoms with Gasteiger partial charge in [0, 0.05) is 69.0 Å².